The first kappa shape index (κ1) is 19.5. The van der Waals surface area contributed by atoms with Crippen molar-refractivity contribution in [2.45, 2.75) is 38.3 Å². The van der Waals surface area contributed by atoms with Crippen molar-refractivity contribution in [3.63, 3.8) is 0 Å². The van der Waals surface area contributed by atoms with Crippen LogP contribution >= 0.6 is 12.4 Å². The molecule has 2 heterocycles. The van der Waals surface area contributed by atoms with E-state index in [-0.39, 0.29) is 18.4 Å². The maximum Gasteiger partial charge on any atom is 0.211 e. The molecular formula is C17H27ClN2O3S. The highest BCUT2D eigenvalue weighted by molar-refractivity contribution is 7.88. The minimum Gasteiger partial charge on any atom is -0.497 e. The van der Waals surface area contributed by atoms with Gasteiger partial charge in [-0.15, -0.1) is 12.4 Å². The standard InChI is InChI=1S/C17H26N2O3S.ClH/c1-4-19(23(3,20)21)14-8-10-18-9-7-13-11-15(22-2)5-6-16(13)17(18)12-14;/h5-6,11,14,17H,4,7-10,12H2,1-3H3;1H/t14-,17+;/m1./s1. The van der Waals surface area contributed by atoms with Gasteiger partial charge in [-0.3, -0.25) is 4.90 Å². The minimum atomic E-state index is -3.15. The summed E-state index contributed by atoms with van der Waals surface area (Å²) in [5.74, 6) is 0.899. The van der Waals surface area contributed by atoms with Crippen molar-refractivity contribution in [2.75, 3.05) is 33.0 Å². The van der Waals surface area contributed by atoms with Crippen molar-refractivity contribution in [3.05, 3.63) is 29.3 Å². The highest BCUT2D eigenvalue weighted by atomic mass is 35.5. The Morgan fingerprint density at radius 2 is 2.08 bits per heavy atom. The van der Waals surface area contributed by atoms with E-state index < -0.39 is 10.0 Å². The van der Waals surface area contributed by atoms with Gasteiger partial charge in [-0.05, 0) is 42.5 Å². The summed E-state index contributed by atoms with van der Waals surface area (Å²) >= 11 is 0. The summed E-state index contributed by atoms with van der Waals surface area (Å²) in [6, 6.07) is 6.72. The molecule has 136 valence electrons. The van der Waals surface area contributed by atoms with Gasteiger partial charge in [-0.1, -0.05) is 13.0 Å². The van der Waals surface area contributed by atoms with Crippen molar-refractivity contribution < 1.29 is 13.2 Å². The highest BCUT2D eigenvalue weighted by Gasteiger charge is 2.37. The predicted molar refractivity (Wildman–Crippen MR) is 98.5 cm³/mol. The lowest BCUT2D eigenvalue weighted by atomic mass is 9.85. The summed E-state index contributed by atoms with van der Waals surface area (Å²) < 4.78 is 31.1. The van der Waals surface area contributed by atoms with Gasteiger partial charge in [0.1, 0.15) is 5.75 Å². The zero-order chi connectivity index (χ0) is 16.6. The van der Waals surface area contributed by atoms with E-state index in [0.717, 1.165) is 38.1 Å². The van der Waals surface area contributed by atoms with Gasteiger partial charge in [0.25, 0.3) is 0 Å². The summed E-state index contributed by atoms with van der Waals surface area (Å²) in [4.78, 5) is 2.50. The summed E-state index contributed by atoms with van der Waals surface area (Å²) in [7, 11) is -1.45. The van der Waals surface area contributed by atoms with Crippen LogP contribution in [-0.2, 0) is 16.4 Å². The molecule has 0 N–H and O–H groups in total. The van der Waals surface area contributed by atoms with Crippen LogP contribution in [0.25, 0.3) is 0 Å². The van der Waals surface area contributed by atoms with Crippen LogP contribution in [-0.4, -0.2) is 56.7 Å². The third kappa shape index (κ3) is 3.72. The van der Waals surface area contributed by atoms with E-state index >= 15 is 0 Å². The van der Waals surface area contributed by atoms with Crippen molar-refractivity contribution in [1.82, 2.24) is 9.21 Å². The van der Waals surface area contributed by atoms with Gasteiger partial charge in [0.15, 0.2) is 0 Å². The number of sulfonamides is 1. The highest BCUT2D eigenvalue weighted by Crippen LogP contribution is 2.39. The molecule has 1 saturated heterocycles. The van der Waals surface area contributed by atoms with Crippen LogP contribution in [0.1, 0.15) is 36.9 Å². The largest absolute Gasteiger partial charge is 0.497 e. The zero-order valence-electron chi connectivity index (χ0n) is 14.6. The molecule has 0 amide bonds. The van der Waals surface area contributed by atoms with Crippen LogP contribution in [0.3, 0.4) is 0 Å². The smallest absolute Gasteiger partial charge is 0.211 e. The number of ether oxygens (including phenoxy) is 1. The molecule has 2 atom stereocenters. The molecule has 0 radical (unpaired) electrons. The van der Waals surface area contributed by atoms with E-state index in [1.165, 1.54) is 17.4 Å². The summed E-state index contributed by atoms with van der Waals surface area (Å²) in [5, 5.41) is 0. The van der Waals surface area contributed by atoms with Gasteiger partial charge in [0, 0.05) is 31.7 Å². The van der Waals surface area contributed by atoms with Gasteiger partial charge >= 0.3 is 0 Å². The van der Waals surface area contributed by atoms with Crippen molar-refractivity contribution in [3.8, 4) is 5.75 Å². The number of benzene rings is 1. The Labute approximate surface area is 151 Å². The predicted octanol–water partition coefficient (Wildman–Crippen LogP) is 2.46. The molecule has 0 aromatic heterocycles. The monoisotopic (exact) mass is 374 g/mol. The Morgan fingerprint density at radius 1 is 1.33 bits per heavy atom. The van der Waals surface area contributed by atoms with Gasteiger partial charge < -0.3 is 4.74 Å². The van der Waals surface area contributed by atoms with Gasteiger partial charge in [-0.25, -0.2) is 8.42 Å². The van der Waals surface area contributed by atoms with E-state index in [1.807, 2.05) is 13.0 Å². The Balaban J connectivity index is 0.00000208. The molecule has 3 rings (SSSR count). The fraction of sp³-hybridized carbons (Fsp3) is 0.647. The second-order valence-electron chi connectivity index (χ2n) is 6.51. The normalized spacial score (nSPS) is 24.0. The minimum absolute atomic E-state index is 0. The Hall–Kier alpha value is -0.820. The first-order valence-corrected chi connectivity index (χ1v) is 10.2. The van der Waals surface area contributed by atoms with Crippen LogP contribution < -0.4 is 4.74 Å². The molecule has 24 heavy (non-hydrogen) atoms. The molecule has 0 saturated carbocycles. The van der Waals surface area contributed by atoms with E-state index in [9.17, 15) is 8.42 Å². The second kappa shape index (κ2) is 7.60. The van der Waals surface area contributed by atoms with Crippen LogP contribution in [0.15, 0.2) is 18.2 Å². The number of nitrogens with zero attached hydrogens (tertiary/aromatic N) is 2. The maximum absolute atomic E-state index is 12.0. The lowest BCUT2D eigenvalue weighted by Crippen LogP contribution is -2.49. The molecule has 7 heteroatoms. The molecule has 2 aliphatic rings. The van der Waals surface area contributed by atoms with Crippen molar-refractivity contribution in [2.24, 2.45) is 0 Å². The lowest BCUT2D eigenvalue weighted by Gasteiger charge is -2.45. The molecule has 2 aliphatic heterocycles. The third-order valence-corrected chi connectivity index (χ3v) is 6.62. The summed E-state index contributed by atoms with van der Waals surface area (Å²) in [6.45, 7) is 4.48. The lowest BCUT2D eigenvalue weighted by molar-refractivity contribution is 0.0921. The third-order valence-electron chi connectivity index (χ3n) is 5.21. The fourth-order valence-corrected chi connectivity index (χ4v) is 5.33. The molecule has 5 nitrogen and oxygen atoms in total. The topological polar surface area (TPSA) is 49.9 Å². The maximum atomic E-state index is 12.0. The average molecular weight is 375 g/mol. The molecule has 1 aromatic carbocycles. The number of hydrogen-bond acceptors (Lipinski definition) is 4. The van der Waals surface area contributed by atoms with Gasteiger partial charge in [0.2, 0.25) is 10.0 Å². The van der Waals surface area contributed by atoms with Crippen LogP contribution in [0.2, 0.25) is 0 Å². The fourth-order valence-electron chi connectivity index (χ4n) is 4.13. The van der Waals surface area contributed by atoms with Crippen molar-refractivity contribution in [1.29, 1.82) is 0 Å². The van der Waals surface area contributed by atoms with Gasteiger partial charge in [0.05, 0.1) is 13.4 Å². The Kier molecular flexibility index (Phi) is 6.18. The summed E-state index contributed by atoms with van der Waals surface area (Å²) in [6.07, 6.45) is 4.16. The molecule has 0 aliphatic carbocycles. The number of rotatable bonds is 4. The van der Waals surface area contributed by atoms with E-state index in [0.29, 0.717) is 12.6 Å². The molecule has 0 unspecified atom stereocenters. The molecule has 0 bridgehead atoms. The number of piperidine rings is 1. The number of hydrogen-bond donors (Lipinski definition) is 0. The van der Waals surface area contributed by atoms with Crippen LogP contribution in [0.4, 0.5) is 0 Å². The van der Waals surface area contributed by atoms with Crippen LogP contribution in [0.5, 0.6) is 5.75 Å². The summed E-state index contributed by atoms with van der Waals surface area (Å²) in [5.41, 5.74) is 2.68. The SMILES string of the molecule is CCN([C@@H]1CCN2CCc3cc(OC)ccc3[C@@H]2C1)S(C)(=O)=O.Cl. The first-order chi connectivity index (χ1) is 10.9. The number of fused-ring (bicyclic) bond motifs is 3. The Bertz CT molecular complexity index is 680. The zero-order valence-corrected chi connectivity index (χ0v) is 16.2. The van der Waals surface area contributed by atoms with E-state index in [1.54, 1.807) is 11.4 Å². The van der Waals surface area contributed by atoms with Crippen molar-refractivity contribution >= 4 is 22.4 Å². The number of methoxy groups -OCH3 is 1. The first-order valence-electron chi connectivity index (χ1n) is 8.31. The Morgan fingerprint density at radius 3 is 2.71 bits per heavy atom. The molecular weight excluding hydrogens is 348 g/mol. The average Bonchev–Trinajstić information content (AvgIpc) is 2.53. The van der Waals surface area contributed by atoms with Gasteiger partial charge in [-0.2, -0.15) is 4.31 Å². The van der Waals surface area contributed by atoms with E-state index in [4.69, 9.17) is 4.74 Å². The molecule has 1 aromatic rings. The number of halogens is 1. The second-order valence-corrected chi connectivity index (χ2v) is 8.45. The molecule has 0 spiro atoms. The van der Waals surface area contributed by atoms with E-state index in [2.05, 4.69) is 17.0 Å². The molecule has 1 fully saturated rings. The quantitative estimate of drug-likeness (QED) is 0.812. The van der Waals surface area contributed by atoms with Crippen LogP contribution in [0, 0.1) is 0 Å².